The summed E-state index contributed by atoms with van der Waals surface area (Å²) in [6.45, 7) is 0. The lowest BCUT2D eigenvalue weighted by Gasteiger charge is -2.26. The van der Waals surface area contributed by atoms with Gasteiger partial charge >= 0.3 is 0 Å². The quantitative estimate of drug-likeness (QED) is 0.900. The van der Waals surface area contributed by atoms with Crippen LogP contribution in [0.4, 0.5) is 0 Å². The van der Waals surface area contributed by atoms with E-state index in [-0.39, 0.29) is 29.8 Å². The van der Waals surface area contributed by atoms with Crippen molar-refractivity contribution in [1.29, 1.82) is 0 Å². The van der Waals surface area contributed by atoms with Crippen molar-refractivity contribution in [2.24, 2.45) is 24.8 Å². The molecule has 1 aromatic heterocycles. The number of aryl methyl sites for hydroxylation is 1. The maximum atomic E-state index is 12.5. The van der Waals surface area contributed by atoms with Gasteiger partial charge in [-0.05, 0) is 30.7 Å². The Morgan fingerprint density at radius 3 is 2.68 bits per heavy atom. The zero-order valence-corrected chi connectivity index (χ0v) is 13.0. The number of nitrogens with one attached hydrogen (secondary N) is 1. The van der Waals surface area contributed by atoms with Crippen LogP contribution in [0.3, 0.4) is 0 Å². The normalized spacial score (nSPS) is 36.5. The van der Waals surface area contributed by atoms with Gasteiger partial charge in [0.05, 0.1) is 17.8 Å². The summed E-state index contributed by atoms with van der Waals surface area (Å²) in [5.41, 5.74) is 0.967. The van der Waals surface area contributed by atoms with Crippen molar-refractivity contribution in [3.05, 3.63) is 18.0 Å². The fraction of sp³-hybridized carbons (Fsp3) is 0.688. The maximum absolute atomic E-state index is 12.5. The SMILES string of the molecule is CN1C(=O)C[C@H](NC(=O)C2C3CCCC32)[C@H]1c1ccnn1C. The predicted octanol–water partition coefficient (Wildman–Crippen LogP) is 0.854. The first kappa shape index (κ1) is 13.8. The summed E-state index contributed by atoms with van der Waals surface area (Å²) >= 11 is 0. The Morgan fingerprint density at radius 1 is 1.32 bits per heavy atom. The van der Waals surface area contributed by atoms with Crippen molar-refractivity contribution in [3.63, 3.8) is 0 Å². The van der Waals surface area contributed by atoms with Crippen LogP contribution in [0.25, 0.3) is 0 Å². The topological polar surface area (TPSA) is 67.2 Å². The van der Waals surface area contributed by atoms with Crippen LogP contribution in [0.2, 0.25) is 0 Å². The van der Waals surface area contributed by atoms with Crippen LogP contribution in [-0.4, -0.2) is 39.6 Å². The summed E-state index contributed by atoms with van der Waals surface area (Å²) in [5.74, 6) is 1.62. The van der Waals surface area contributed by atoms with Gasteiger partial charge in [0.15, 0.2) is 0 Å². The highest BCUT2D eigenvalue weighted by Gasteiger charge is 2.57. The van der Waals surface area contributed by atoms with E-state index in [0.29, 0.717) is 18.3 Å². The summed E-state index contributed by atoms with van der Waals surface area (Å²) in [5, 5.41) is 7.35. The summed E-state index contributed by atoms with van der Waals surface area (Å²) in [6.07, 6.45) is 5.76. The molecule has 1 saturated heterocycles. The molecule has 2 amide bonds. The third-order valence-electron chi connectivity index (χ3n) is 5.79. The summed E-state index contributed by atoms with van der Waals surface area (Å²) in [6, 6.07) is 1.65. The van der Waals surface area contributed by atoms with Gasteiger partial charge < -0.3 is 10.2 Å². The van der Waals surface area contributed by atoms with Crippen molar-refractivity contribution in [2.45, 2.75) is 37.8 Å². The number of fused-ring (bicyclic) bond motifs is 1. The van der Waals surface area contributed by atoms with Gasteiger partial charge in [-0.25, -0.2) is 0 Å². The second-order valence-corrected chi connectivity index (χ2v) is 6.93. The standard InChI is InChI=1S/C16H22N4O2/c1-19-13(21)8-11(15(19)12-6-7-17-20(12)2)18-16(22)14-9-4-3-5-10(9)14/h6-7,9-11,14-15H,3-5,8H2,1-2H3,(H,18,22)/t9?,10?,11-,14?,15-/m0/s1. The van der Waals surface area contributed by atoms with Crippen LogP contribution in [0, 0.1) is 17.8 Å². The number of rotatable bonds is 3. The number of likely N-dealkylation sites (tertiary alicyclic amines) is 1. The Kier molecular flexibility index (Phi) is 3.03. The van der Waals surface area contributed by atoms with E-state index in [0.717, 1.165) is 5.69 Å². The minimum Gasteiger partial charge on any atom is -0.350 e. The van der Waals surface area contributed by atoms with E-state index < -0.39 is 0 Å². The number of carbonyl (C=O) groups excluding carboxylic acids is 2. The molecule has 3 aliphatic rings. The Morgan fingerprint density at radius 2 is 2.05 bits per heavy atom. The monoisotopic (exact) mass is 302 g/mol. The first-order valence-corrected chi connectivity index (χ1v) is 8.12. The van der Waals surface area contributed by atoms with Gasteiger partial charge in [-0.3, -0.25) is 14.3 Å². The molecule has 1 N–H and O–H groups in total. The third kappa shape index (κ3) is 1.96. The predicted molar refractivity (Wildman–Crippen MR) is 79.6 cm³/mol. The molecule has 4 rings (SSSR count). The molecule has 22 heavy (non-hydrogen) atoms. The van der Waals surface area contributed by atoms with E-state index in [2.05, 4.69) is 10.4 Å². The van der Waals surface area contributed by atoms with Crippen LogP contribution in [0.1, 0.15) is 37.4 Å². The molecule has 2 heterocycles. The van der Waals surface area contributed by atoms with Crippen molar-refractivity contribution in [1.82, 2.24) is 20.0 Å². The lowest BCUT2D eigenvalue weighted by atomic mass is 10.0. The number of hydrogen-bond donors (Lipinski definition) is 1. The molecular formula is C16H22N4O2. The summed E-state index contributed by atoms with van der Waals surface area (Å²) in [7, 11) is 3.67. The van der Waals surface area contributed by atoms with Crippen LogP contribution < -0.4 is 5.32 Å². The van der Waals surface area contributed by atoms with Gasteiger partial charge in [0, 0.05) is 32.6 Å². The van der Waals surface area contributed by atoms with Crippen LogP contribution in [0.15, 0.2) is 12.3 Å². The third-order valence-corrected chi connectivity index (χ3v) is 5.79. The van der Waals surface area contributed by atoms with Crippen molar-refractivity contribution in [2.75, 3.05) is 7.05 Å². The van der Waals surface area contributed by atoms with E-state index in [1.165, 1.54) is 19.3 Å². The van der Waals surface area contributed by atoms with E-state index in [1.807, 2.05) is 13.1 Å². The number of likely N-dealkylation sites (N-methyl/N-ethyl adjacent to an activating group) is 1. The molecule has 6 heteroatoms. The smallest absolute Gasteiger partial charge is 0.225 e. The molecule has 6 nitrogen and oxygen atoms in total. The fourth-order valence-electron chi connectivity index (χ4n) is 4.57. The molecule has 2 saturated carbocycles. The van der Waals surface area contributed by atoms with E-state index in [1.54, 1.807) is 22.8 Å². The molecule has 0 radical (unpaired) electrons. The molecule has 118 valence electrons. The van der Waals surface area contributed by atoms with Crippen LogP contribution >= 0.6 is 0 Å². The lowest BCUT2D eigenvalue weighted by molar-refractivity contribution is -0.127. The second kappa shape index (κ2) is 4.83. The molecule has 1 aliphatic heterocycles. The lowest BCUT2D eigenvalue weighted by Crippen LogP contribution is -2.41. The van der Waals surface area contributed by atoms with Gasteiger partial charge in [-0.15, -0.1) is 0 Å². The number of nitrogens with zero attached hydrogens (tertiary/aromatic N) is 3. The highest BCUT2D eigenvalue weighted by molar-refractivity contribution is 5.85. The van der Waals surface area contributed by atoms with E-state index >= 15 is 0 Å². The molecule has 4 atom stereocenters. The summed E-state index contributed by atoms with van der Waals surface area (Å²) in [4.78, 5) is 26.4. The van der Waals surface area contributed by atoms with Gasteiger partial charge in [0.1, 0.15) is 0 Å². The Labute approximate surface area is 129 Å². The first-order valence-electron chi connectivity index (χ1n) is 8.12. The molecule has 1 aromatic rings. The Bertz CT molecular complexity index is 615. The number of amides is 2. The highest BCUT2D eigenvalue weighted by Crippen LogP contribution is 2.57. The molecule has 0 spiro atoms. The van der Waals surface area contributed by atoms with Gasteiger partial charge in [0.25, 0.3) is 0 Å². The minimum absolute atomic E-state index is 0.0764. The molecule has 0 aromatic carbocycles. The number of hydrogen-bond acceptors (Lipinski definition) is 3. The molecule has 3 fully saturated rings. The second-order valence-electron chi connectivity index (χ2n) is 6.93. The van der Waals surface area contributed by atoms with Gasteiger partial charge in [0.2, 0.25) is 11.8 Å². The number of carbonyl (C=O) groups is 2. The van der Waals surface area contributed by atoms with E-state index in [9.17, 15) is 9.59 Å². The molecule has 2 aliphatic carbocycles. The van der Waals surface area contributed by atoms with Crippen molar-refractivity contribution < 1.29 is 9.59 Å². The fourth-order valence-corrected chi connectivity index (χ4v) is 4.57. The zero-order valence-electron chi connectivity index (χ0n) is 13.0. The average Bonchev–Trinajstić information content (AvgIpc) is 2.84. The number of aromatic nitrogens is 2. The summed E-state index contributed by atoms with van der Waals surface area (Å²) < 4.78 is 1.78. The zero-order chi connectivity index (χ0) is 15.4. The highest BCUT2D eigenvalue weighted by atomic mass is 16.2. The maximum Gasteiger partial charge on any atom is 0.225 e. The molecule has 2 unspecified atom stereocenters. The Balaban J connectivity index is 1.51. The van der Waals surface area contributed by atoms with Crippen LogP contribution in [0.5, 0.6) is 0 Å². The van der Waals surface area contributed by atoms with E-state index in [4.69, 9.17) is 0 Å². The average molecular weight is 302 g/mol. The largest absolute Gasteiger partial charge is 0.350 e. The van der Waals surface area contributed by atoms with Gasteiger partial charge in [-0.2, -0.15) is 5.10 Å². The van der Waals surface area contributed by atoms with Crippen LogP contribution in [-0.2, 0) is 16.6 Å². The van der Waals surface area contributed by atoms with Crippen molar-refractivity contribution >= 4 is 11.8 Å². The molecule has 0 bridgehead atoms. The first-order chi connectivity index (χ1) is 10.6. The minimum atomic E-state index is -0.151. The van der Waals surface area contributed by atoms with Gasteiger partial charge in [-0.1, -0.05) is 6.42 Å². The Hall–Kier alpha value is -1.85. The van der Waals surface area contributed by atoms with Crippen molar-refractivity contribution in [3.8, 4) is 0 Å². The molecular weight excluding hydrogens is 280 g/mol.